The van der Waals surface area contributed by atoms with Crippen LogP contribution in [0.25, 0.3) is 11.0 Å². The fourth-order valence-electron chi connectivity index (χ4n) is 2.71. The van der Waals surface area contributed by atoms with E-state index in [2.05, 4.69) is 79.6 Å². The lowest BCUT2D eigenvalue weighted by Gasteiger charge is -2.25. The second kappa shape index (κ2) is 7.27. The second-order valence-corrected chi connectivity index (χ2v) is 6.77. The summed E-state index contributed by atoms with van der Waals surface area (Å²) in [4.78, 5) is 10.9. The molecule has 126 valence electrons. The van der Waals surface area contributed by atoms with E-state index >= 15 is 0 Å². The van der Waals surface area contributed by atoms with Crippen molar-refractivity contribution >= 4 is 32.8 Å². The second-order valence-electron chi connectivity index (χ2n) is 6.02. The maximum atomic E-state index is 4.40. The molecule has 3 aromatic rings. The highest BCUT2D eigenvalue weighted by Crippen LogP contribution is 2.26. The lowest BCUT2D eigenvalue weighted by Crippen LogP contribution is -2.36. The molecule has 0 bridgehead atoms. The van der Waals surface area contributed by atoms with Gasteiger partial charge in [-0.05, 0) is 42.0 Å². The van der Waals surface area contributed by atoms with Crippen LogP contribution in [0.15, 0.2) is 41.3 Å². The summed E-state index contributed by atoms with van der Waals surface area (Å²) in [5.41, 5.74) is 2.14. The number of halogens is 1. The van der Waals surface area contributed by atoms with Gasteiger partial charge in [-0.15, -0.1) is 0 Å². The number of nitrogens with one attached hydrogen (secondary N) is 1. The molecule has 0 aliphatic carbocycles. The highest BCUT2D eigenvalue weighted by molar-refractivity contribution is 9.10. The van der Waals surface area contributed by atoms with Crippen molar-refractivity contribution in [2.45, 2.75) is 12.5 Å². The Labute approximate surface area is 150 Å². The summed E-state index contributed by atoms with van der Waals surface area (Å²) < 4.78 is 2.51. The first kappa shape index (κ1) is 16.9. The van der Waals surface area contributed by atoms with Crippen molar-refractivity contribution < 1.29 is 0 Å². The highest BCUT2D eigenvalue weighted by atomic mass is 79.9. The van der Waals surface area contributed by atoms with E-state index in [0.717, 1.165) is 34.4 Å². The van der Waals surface area contributed by atoms with E-state index in [-0.39, 0.29) is 0 Å². The fraction of sp³-hybridized carbons (Fsp3) is 0.353. The number of aromatic nitrogens is 4. The Morgan fingerprint density at radius 2 is 1.96 bits per heavy atom. The van der Waals surface area contributed by atoms with Crippen LogP contribution in [-0.4, -0.2) is 51.3 Å². The molecule has 24 heavy (non-hydrogen) atoms. The molecule has 0 spiro atoms. The zero-order valence-corrected chi connectivity index (χ0v) is 15.7. The number of rotatable bonds is 6. The first-order valence-corrected chi connectivity index (χ1v) is 8.63. The molecular weight excluding hydrogens is 368 g/mol. The average Bonchev–Trinajstić information content (AvgIpc) is 2.87. The van der Waals surface area contributed by atoms with Crippen LogP contribution in [0.1, 0.15) is 5.56 Å². The molecule has 1 aromatic carbocycles. The van der Waals surface area contributed by atoms with Crippen LogP contribution in [0.3, 0.4) is 0 Å². The number of aryl methyl sites for hydroxylation is 1. The Bertz CT molecular complexity index is 815. The predicted octanol–water partition coefficient (Wildman–Crippen LogP) is 2.71. The number of hydrogen-bond donors (Lipinski definition) is 1. The van der Waals surface area contributed by atoms with E-state index < -0.39 is 0 Å². The summed E-state index contributed by atoms with van der Waals surface area (Å²) >= 11 is 3.50. The molecule has 3 rings (SSSR count). The molecule has 6 nitrogen and oxygen atoms in total. The van der Waals surface area contributed by atoms with E-state index in [1.165, 1.54) is 5.56 Å². The average molecular weight is 389 g/mol. The maximum Gasteiger partial charge on any atom is 0.164 e. The molecule has 1 atom stereocenters. The maximum absolute atomic E-state index is 4.40. The molecule has 1 N–H and O–H groups in total. The third-order valence-electron chi connectivity index (χ3n) is 4.13. The summed E-state index contributed by atoms with van der Waals surface area (Å²) in [6, 6.07) is 10.9. The van der Waals surface area contributed by atoms with Gasteiger partial charge in [0, 0.05) is 19.6 Å². The molecule has 2 aromatic heterocycles. The van der Waals surface area contributed by atoms with Gasteiger partial charge in [0.15, 0.2) is 5.65 Å². The van der Waals surface area contributed by atoms with Gasteiger partial charge in [-0.25, -0.2) is 14.6 Å². The number of fused-ring (bicyclic) bond motifs is 1. The summed E-state index contributed by atoms with van der Waals surface area (Å²) in [5, 5.41) is 8.74. The number of nitrogens with zero attached hydrogens (tertiary/aromatic N) is 5. The highest BCUT2D eigenvalue weighted by Gasteiger charge is 2.16. The van der Waals surface area contributed by atoms with Crippen LogP contribution in [0.5, 0.6) is 0 Å². The topological polar surface area (TPSA) is 58.9 Å². The minimum absolute atomic E-state index is 0.355. The van der Waals surface area contributed by atoms with Crippen molar-refractivity contribution in [2.75, 3.05) is 26.0 Å². The molecule has 1 unspecified atom stereocenters. The number of benzene rings is 1. The Balaban J connectivity index is 1.78. The normalized spacial score (nSPS) is 12.7. The van der Waals surface area contributed by atoms with Crippen molar-refractivity contribution in [3.8, 4) is 0 Å². The molecule has 7 heteroatoms. The SMILES string of the molecule is CN(C)C(CNc1ncnc2c1c(Br)nn2C)Cc1ccccc1. The van der Waals surface area contributed by atoms with E-state index in [0.29, 0.717) is 6.04 Å². The van der Waals surface area contributed by atoms with Gasteiger partial charge in [0.05, 0.1) is 5.39 Å². The zero-order chi connectivity index (χ0) is 17.1. The van der Waals surface area contributed by atoms with Crippen LogP contribution in [-0.2, 0) is 13.5 Å². The fourth-order valence-corrected chi connectivity index (χ4v) is 3.32. The minimum Gasteiger partial charge on any atom is -0.368 e. The summed E-state index contributed by atoms with van der Waals surface area (Å²) in [6.45, 7) is 0.787. The van der Waals surface area contributed by atoms with E-state index in [1.54, 1.807) is 11.0 Å². The molecule has 0 fully saturated rings. The van der Waals surface area contributed by atoms with Crippen LogP contribution < -0.4 is 5.32 Å². The van der Waals surface area contributed by atoms with Crippen LogP contribution in [0.4, 0.5) is 5.82 Å². The summed E-state index contributed by atoms with van der Waals surface area (Å²) in [6.07, 6.45) is 2.55. The van der Waals surface area contributed by atoms with Gasteiger partial charge in [0.2, 0.25) is 0 Å². The van der Waals surface area contributed by atoms with Crippen LogP contribution in [0, 0.1) is 0 Å². The zero-order valence-electron chi connectivity index (χ0n) is 14.1. The van der Waals surface area contributed by atoms with Gasteiger partial charge in [-0.2, -0.15) is 5.10 Å². The largest absolute Gasteiger partial charge is 0.368 e. The van der Waals surface area contributed by atoms with E-state index in [9.17, 15) is 0 Å². The minimum atomic E-state index is 0.355. The molecule has 0 saturated carbocycles. The summed E-state index contributed by atoms with van der Waals surface area (Å²) in [5.74, 6) is 0.805. The molecular formula is C17H21BrN6. The molecule has 0 amide bonds. The van der Waals surface area contributed by atoms with E-state index in [1.807, 2.05) is 13.1 Å². The molecule has 0 aliphatic rings. The third-order valence-corrected chi connectivity index (χ3v) is 4.68. The first-order valence-electron chi connectivity index (χ1n) is 7.83. The van der Waals surface area contributed by atoms with Gasteiger partial charge in [0.25, 0.3) is 0 Å². The van der Waals surface area contributed by atoms with Gasteiger partial charge in [-0.1, -0.05) is 30.3 Å². The lowest BCUT2D eigenvalue weighted by atomic mass is 10.1. The van der Waals surface area contributed by atoms with Gasteiger partial charge in [0.1, 0.15) is 16.7 Å². The smallest absolute Gasteiger partial charge is 0.164 e. The van der Waals surface area contributed by atoms with Crippen molar-refractivity contribution in [1.29, 1.82) is 0 Å². The number of anilines is 1. The third kappa shape index (κ3) is 3.57. The Morgan fingerprint density at radius 1 is 1.21 bits per heavy atom. The Morgan fingerprint density at radius 3 is 2.67 bits per heavy atom. The molecule has 2 heterocycles. The van der Waals surface area contributed by atoms with Crippen LogP contribution >= 0.6 is 15.9 Å². The predicted molar refractivity (Wildman–Crippen MR) is 100 cm³/mol. The van der Waals surface area contributed by atoms with Crippen molar-refractivity contribution in [1.82, 2.24) is 24.6 Å². The van der Waals surface area contributed by atoms with E-state index in [4.69, 9.17) is 0 Å². The summed E-state index contributed by atoms with van der Waals surface area (Å²) in [7, 11) is 6.08. The van der Waals surface area contributed by atoms with Crippen molar-refractivity contribution in [3.05, 3.63) is 46.8 Å². The molecule has 0 radical (unpaired) electrons. The number of hydrogen-bond acceptors (Lipinski definition) is 5. The molecule has 0 saturated heterocycles. The van der Waals surface area contributed by atoms with Gasteiger partial charge in [-0.3, -0.25) is 0 Å². The monoisotopic (exact) mass is 388 g/mol. The standard InChI is InChI=1S/C17H21BrN6/c1-23(2)13(9-12-7-5-4-6-8-12)10-19-16-14-15(18)22-24(3)17(14)21-11-20-16/h4-8,11,13H,9-10H2,1-3H3,(H,19,20,21). The van der Waals surface area contributed by atoms with Crippen molar-refractivity contribution in [2.24, 2.45) is 7.05 Å². The lowest BCUT2D eigenvalue weighted by molar-refractivity contribution is 0.303. The van der Waals surface area contributed by atoms with Crippen LogP contribution in [0.2, 0.25) is 0 Å². The Kier molecular flexibility index (Phi) is 5.11. The van der Waals surface area contributed by atoms with Gasteiger partial charge >= 0.3 is 0 Å². The molecule has 0 aliphatic heterocycles. The number of likely N-dealkylation sites (N-methyl/N-ethyl adjacent to an activating group) is 1. The first-order chi connectivity index (χ1) is 11.6. The Hall–Kier alpha value is -1.99. The van der Waals surface area contributed by atoms with Gasteiger partial charge < -0.3 is 10.2 Å². The van der Waals surface area contributed by atoms with Crippen molar-refractivity contribution in [3.63, 3.8) is 0 Å². The quantitative estimate of drug-likeness (QED) is 0.703.